The lowest BCUT2D eigenvalue weighted by Crippen LogP contribution is -2.47. The highest BCUT2D eigenvalue weighted by Crippen LogP contribution is 2.21. The largest absolute Gasteiger partial charge is 0.357 e. The number of rotatable bonds is 8. The summed E-state index contributed by atoms with van der Waals surface area (Å²) in [7, 11) is 1.56. The Morgan fingerprint density at radius 1 is 0.886 bits per heavy atom. The molecule has 3 aromatic carbocycles. The van der Waals surface area contributed by atoms with Gasteiger partial charge in [-0.15, -0.1) is 0 Å². The number of carbonyl (C=O) groups excluding carboxylic acids is 2. The predicted molar refractivity (Wildman–Crippen MR) is 144 cm³/mol. The monoisotopic (exact) mass is 594 g/mol. The summed E-state index contributed by atoms with van der Waals surface area (Å²) in [6, 6.07) is 26.3. The molecule has 4 rings (SSSR count). The number of carbonyl (C=O) groups is 2. The Hall–Kier alpha value is -3.23. The zero-order valence-corrected chi connectivity index (χ0v) is 22.2. The molecule has 0 aliphatic rings. The highest BCUT2D eigenvalue weighted by Gasteiger charge is 2.24. The van der Waals surface area contributed by atoms with Crippen LogP contribution >= 0.6 is 31.9 Å². The van der Waals surface area contributed by atoms with Crippen molar-refractivity contribution in [1.29, 1.82) is 0 Å². The highest BCUT2D eigenvalue weighted by molar-refractivity contribution is 9.10. The van der Waals surface area contributed by atoms with Gasteiger partial charge in [0.2, 0.25) is 5.91 Å². The lowest BCUT2D eigenvalue weighted by atomic mass is 10.0. The maximum absolute atomic E-state index is 13.5. The van der Waals surface area contributed by atoms with E-state index in [4.69, 9.17) is 5.10 Å². The molecule has 1 heterocycles. The van der Waals surface area contributed by atoms with Crippen LogP contribution in [0.4, 0.5) is 0 Å². The summed E-state index contributed by atoms with van der Waals surface area (Å²) in [6.07, 6.45) is 0.357. The average molecular weight is 596 g/mol. The molecule has 1 aromatic heterocycles. The number of hydrogen-bond acceptors (Lipinski definition) is 3. The van der Waals surface area contributed by atoms with Gasteiger partial charge in [-0.3, -0.25) is 14.3 Å². The SMILES string of the molecule is CNC(=O)C(Cc1cccc(Br)c1)NC(=O)c1cc(-c2ccccc2)nn1Cc1cccc(Br)c1. The van der Waals surface area contributed by atoms with Crippen LogP contribution in [0.15, 0.2) is 93.9 Å². The van der Waals surface area contributed by atoms with Crippen LogP contribution in [0.3, 0.4) is 0 Å². The Morgan fingerprint density at radius 3 is 2.20 bits per heavy atom. The van der Waals surface area contributed by atoms with Crippen molar-refractivity contribution in [3.05, 3.63) is 111 Å². The number of nitrogens with one attached hydrogen (secondary N) is 2. The third-order valence-corrected chi connectivity index (χ3v) is 6.49. The normalized spacial score (nSPS) is 11.6. The Balaban J connectivity index is 1.65. The van der Waals surface area contributed by atoms with E-state index in [1.807, 2.05) is 78.9 Å². The molecule has 0 spiro atoms. The van der Waals surface area contributed by atoms with Gasteiger partial charge in [0.1, 0.15) is 11.7 Å². The van der Waals surface area contributed by atoms with Crippen molar-refractivity contribution in [3.63, 3.8) is 0 Å². The van der Waals surface area contributed by atoms with Crippen LogP contribution in [-0.2, 0) is 17.8 Å². The first-order valence-corrected chi connectivity index (χ1v) is 12.7. The van der Waals surface area contributed by atoms with Crippen LogP contribution in [0.5, 0.6) is 0 Å². The van der Waals surface area contributed by atoms with Gasteiger partial charge in [0.05, 0.1) is 12.2 Å². The van der Waals surface area contributed by atoms with Gasteiger partial charge in [0, 0.05) is 28.0 Å². The molecule has 1 unspecified atom stereocenters. The minimum absolute atomic E-state index is 0.264. The standard InChI is InChI=1S/C27H24Br2N4O2/c1-30-26(34)24(15-18-7-5-11-21(28)13-18)31-27(35)25-16-23(20-9-3-2-4-10-20)32-33(25)17-19-8-6-12-22(29)14-19/h2-14,16,24H,15,17H2,1H3,(H,30,34)(H,31,35). The number of likely N-dealkylation sites (N-methyl/N-ethyl adjacent to an activating group) is 1. The average Bonchev–Trinajstić information content (AvgIpc) is 3.27. The van der Waals surface area contributed by atoms with Gasteiger partial charge in [-0.2, -0.15) is 5.10 Å². The maximum Gasteiger partial charge on any atom is 0.270 e. The molecular formula is C27H24Br2N4O2. The van der Waals surface area contributed by atoms with E-state index in [1.165, 1.54) is 0 Å². The molecule has 178 valence electrons. The quantitative estimate of drug-likeness (QED) is 0.294. The van der Waals surface area contributed by atoms with E-state index in [1.54, 1.807) is 17.8 Å². The molecule has 0 bridgehead atoms. The van der Waals surface area contributed by atoms with E-state index in [-0.39, 0.29) is 11.8 Å². The molecule has 8 heteroatoms. The molecule has 0 aliphatic heterocycles. The minimum Gasteiger partial charge on any atom is -0.357 e. The van der Waals surface area contributed by atoms with Crippen molar-refractivity contribution in [2.75, 3.05) is 7.05 Å². The van der Waals surface area contributed by atoms with E-state index in [9.17, 15) is 9.59 Å². The van der Waals surface area contributed by atoms with E-state index in [0.717, 1.165) is 25.6 Å². The number of benzene rings is 3. The van der Waals surface area contributed by atoms with Gasteiger partial charge in [-0.1, -0.05) is 86.5 Å². The summed E-state index contributed by atoms with van der Waals surface area (Å²) < 4.78 is 3.54. The van der Waals surface area contributed by atoms with Gasteiger partial charge < -0.3 is 10.6 Å². The number of hydrogen-bond donors (Lipinski definition) is 2. The first-order valence-electron chi connectivity index (χ1n) is 11.1. The molecule has 0 aliphatic carbocycles. The fourth-order valence-corrected chi connectivity index (χ4v) is 4.69. The first-order chi connectivity index (χ1) is 16.9. The van der Waals surface area contributed by atoms with Crippen LogP contribution in [0.25, 0.3) is 11.3 Å². The van der Waals surface area contributed by atoms with Crippen LogP contribution in [0.1, 0.15) is 21.6 Å². The van der Waals surface area contributed by atoms with Gasteiger partial charge in [0.25, 0.3) is 5.91 Å². The van der Waals surface area contributed by atoms with Gasteiger partial charge in [0.15, 0.2) is 0 Å². The molecule has 4 aromatic rings. The number of nitrogens with zero attached hydrogens (tertiary/aromatic N) is 2. The number of aromatic nitrogens is 2. The van der Waals surface area contributed by atoms with E-state index in [2.05, 4.69) is 42.5 Å². The first kappa shape index (κ1) is 24.9. The van der Waals surface area contributed by atoms with E-state index >= 15 is 0 Å². The Labute approximate surface area is 221 Å². The zero-order valence-electron chi connectivity index (χ0n) is 19.0. The Kier molecular flexibility index (Phi) is 8.15. The lowest BCUT2D eigenvalue weighted by molar-refractivity contribution is -0.122. The second kappa shape index (κ2) is 11.5. The number of halogens is 2. The molecule has 6 nitrogen and oxygen atoms in total. The molecule has 0 radical (unpaired) electrons. The van der Waals surface area contributed by atoms with Crippen LogP contribution < -0.4 is 10.6 Å². The lowest BCUT2D eigenvalue weighted by Gasteiger charge is -2.18. The van der Waals surface area contributed by atoms with Crippen molar-refractivity contribution in [1.82, 2.24) is 20.4 Å². The molecule has 2 N–H and O–H groups in total. The van der Waals surface area contributed by atoms with Crippen molar-refractivity contribution in [2.45, 2.75) is 19.0 Å². The molecule has 0 fully saturated rings. The summed E-state index contributed by atoms with van der Waals surface area (Å²) in [6.45, 7) is 0.408. The smallest absolute Gasteiger partial charge is 0.270 e. The maximum atomic E-state index is 13.5. The fourth-order valence-electron chi connectivity index (χ4n) is 3.79. The highest BCUT2D eigenvalue weighted by atomic mass is 79.9. The van der Waals surface area contributed by atoms with Crippen molar-refractivity contribution in [2.24, 2.45) is 0 Å². The summed E-state index contributed by atoms with van der Waals surface area (Å²) in [5.74, 6) is -0.627. The van der Waals surface area contributed by atoms with E-state index < -0.39 is 6.04 Å². The van der Waals surface area contributed by atoms with Crippen molar-refractivity contribution in [3.8, 4) is 11.3 Å². The van der Waals surface area contributed by atoms with Crippen LogP contribution in [0.2, 0.25) is 0 Å². The second-order valence-electron chi connectivity index (χ2n) is 8.04. The van der Waals surface area contributed by atoms with Gasteiger partial charge >= 0.3 is 0 Å². The van der Waals surface area contributed by atoms with Crippen LogP contribution in [-0.4, -0.2) is 34.7 Å². The summed E-state index contributed by atoms with van der Waals surface area (Å²) in [5.41, 5.74) is 3.90. The second-order valence-corrected chi connectivity index (χ2v) is 9.87. The van der Waals surface area contributed by atoms with Gasteiger partial charge in [-0.05, 0) is 41.5 Å². The van der Waals surface area contributed by atoms with Crippen molar-refractivity contribution < 1.29 is 9.59 Å². The Morgan fingerprint density at radius 2 is 1.54 bits per heavy atom. The summed E-state index contributed by atoms with van der Waals surface area (Å²) >= 11 is 6.96. The molecule has 0 saturated heterocycles. The molecule has 2 amide bonds. The third-order valence-electron chi connectivity index (χ3n) is 5.50. The number of amides is 2. The summed E-state index contributed by atoms with van der Waals surface area (Å²) in [5, 5.41) is 10.3. The summed E-state index contributed by atoms with van der Waals surface area (Å²) in [4.78, 5) is 26.1. The minimum atomic E-state index is -0.740. The fraction of sp³-hybridized carbons (Fsp3) is 0.148. The van der Waals surface area contributed by atoms with Crippen LogP contribution in [0, 0.1) is 0 Å². The molecule has 1 atom stereocenters. The van der Waals surface area contributed by atoms with Gasteiger partial charge in [-0.25, -0.2) is 0 Å². The Bertz CT molecular complexity index is 1340. The molecule has 0 saturated carbocycles. The predicted octanol–water partition coefficient (Wildman–Crippen LogP) is 5.21. The van der Waals surface area contributed by atoms with E-state index in [0.29, 0.717) is 24.4 Å². The zero-order chi connectivity index (χ0) is 24.8. The third kappa shape index (κ3) is 6.46. The van der Waals surface area contributed by atoms with Crippen molar-refractivity contribution >= 4 is 43.7 Å². The molecular weight excluding hydrogens is 572 g/mol. The molecule has 35 heavy (non-hydrogen) atoms. The topological polar surface area (TPSA) is 76.0 Å².